The number of hydrogen-bond acceptors (Lipinski definition) is 6. The van der Waals surface area contributed by atoms with E-state index < -0.39 is 6.10 Å². The summed E-state index contributed by atoms with van der Waals surface area (Å²) in [5.41, 5.74) is 0. The van der Waals surface area contributed by atoms with Crippen LogP contribution in [0.4, 0.5) is 0 Å². The smallest absolute Gasteiger partial charge is 0.306 e. The van der Waals surface area contributed by atoms with Crippen LogP contribution in [0.15, 0.2) is 24.3 Å². The third kappa shape index (κ3) is 46.9. The van der Waals surface area contributed by atoms with E-state index in [1.807, 2.05) is 0 Å². The molecule has 0 heterocycles. The van der Waals surface area contributed by atoms with E-state index in [1.165, 1.54) is 173 Å². The first-order chi connectivity index (χ1) is 29.5. The third-order valence-corrected chi connectivity index (χ3v) is 11.7. The second-order valence-electron chi connectivity index (χ2n) is 17.8. The van der Waals surface area contributed by atoms with Crippen LogP contribution in [0.5, 0.6) is 0 Å². The van der Waals surface area contributed by atoms with Gasteiger partial charge in [0.2, 0.25) is 0 Å². The van der Waals surface area contributed by atoms with E-state index >= 15 is 0 Å². The lowest BCUT2D eigenvalue weighted by Gasteiger charge is -2.18. The lowest BCUT2D eigenvalue weighted by atomic mass is 10.0. The number of carbonyl (C=O) groups excluding carboxylic acids is 3. The van der Waals surface area contributed by atoms with E-state index in [0.29, 0.717) is 19.3 Å². The molecule has 1 atom stereocenters. The van der Waals surface area contributed by atoms with Crippen molar-refractivity contribution < 1.29 is 28.6 Å². The Morgan fingerprint density at radius 1 is 0.317 bits per heavy atom. The molecule has 0 aliphatic heterocycles. The molecule has 0 amide bonds. The van der Waals surface area contributed by atoms with E-state index in [2.05, 4.69) is 45.1 Å². The summed E-state index contributed by atoms with van der Waals surface area (Å²) < 4.78 is 16.8. The van der Waals surface area contributed by atoms with E-state index in [4.69, 9.17) is 14.2 Å². The topological polar surface area (TPSA) is 78.9 Å². The summed E-state index contributed by atoms with van der Waals surface area (Å²) in [6.45, 7) is 6.63. The summed E-state index contributed by atoms with van der Waals surface area (Å²) in [6, 6.07) is 0. The van der Waals surface area contributed by atoms with Crippen LogP contribution >= 0.6 is 0 Å². The summed E-state index contributed by atoms with van der Waals surface area (Å²) in [5, 5.41) is 0. The Morgan fingerprint density at radius 2 is 0.550 bits per heavy atom. The molecule has 0 unspecified atom stereocenters. The van der Waals surface area contributed by atoms with Crippen LogP contribution in [0.25, 0.3) is 0 Å². The van der Waals surface area contributed by atoms with Crippen LogP contribution in [0.3, 0.4) is 0 Å². The molecule has 0 saturated carbocycles. The van der Waals surface area contributed by atoms with Gasteiger partial charge in [-0.25, -0.2) is 0 Å². The van der Waals surface area contributed by atoms with Crippen LogP contribution in [-0.4, -0.2) is 37.2 Å². The van der Waals surface area contributed by atoms with Gasteiger partial charge >= 0.3 is 17.9 Å². The van der Waals surface area contributed by atoms with Crippen molar-refractivity contribution in [1.29, 1.82) is 0 Å². The van der Waals surface area contributed by atoms with Gasteiger partial charge < -0.3 is 14.2 Å². The number of unbranched alkanes of at least 4 members (excludes halogenated alkanes) is 33. The number of carbonyl (C=O) groups is 3. The molecule has 0 rings (SSSR count). The fourth-order valence-corrected chi connectivity index (χ4v) is 7.67. The minimum atomic E-state index is -0.774. The molecule has 0 aliphatic carbocycles. The number of esters is 3. The van der Waals surface area contributed by atoms with Gasteiger partial charge in [-0.3, -0.25) is 14.4 Å². The van der Waals surface area contributed by atoms with Crippen molar-refractivity contribution >= 4 is 17.9 Å². The average molecular weight is 845 g/mol. The van der Waals surface area contributed by atoms with Gasteiger partial charge in [-0.05, 0) is 70.6 Å². The number of ether oxygens (including phenoxy) is 3. The lowest BCUT2D eigenvalue weighted by molar-refractivity contribution is -0.167. The van der Waals surface area contributed by atoms with Crippen LogP contribution in [0.1, 0.15) is 284 Å². The Hall–Kier alpha value is -2.11. The maximum Gasteiger partial charge on any atom is 0.306 e. The first-order valence-electron chi connectivity index (χ1n) is 26.3. The molecule has 0 saturated heterocycles. The van der Waals surface area contributed by atoms with Gasteiger partial charge in [0.25, 0.3) is 0 Å². The second kappa shape index (κ2) is 49.5. The van der Waals surface area contributed by atoms with Gasteiger partial charge in [0.1, 0.15) is 13.2 Å². The second-order valence-corrected chi connectivity index (χ2v) is 17.8. The molecule has 60 heavy (non-hydrogen) atoms. The van der Waals surface area contributed by atoms with Crippen molar-refractivity contribution in [3.05, 3.63) is 24.3 Å². The molecule has 0 bridgehead atoms. The molecule has 0 aromatic heterocycles. The van der Waals surface area contributed by atoms with Crippen molar-refractivity contribution in [2.24, 2.45) is 0 Å². The minimum absolute atomic E-state index is 0.0734. The number of hydrogen-bond donors (Lipinski definition) is 0. The molecule has 0 radical (unpaired) electrons. The molecular formula is C54H100O6. The monoisotopic (exact) mass is 845 g/mol. The molecule has 6 nitrogen and oxygen atoms in total. The zero-order valence-electron chi connectivity index (χ0n) is 40.2. The highest BCUT2D eigenvalue weighted by molar-refractivity contribution is 5.71. The Morgan fingerprint density at radius 3 is 0.833 bits per heavy atom. The molecule has 6 heteroatoms. The molecule has 0 aromatic rings. The largest absolute Gasteiger partial charge is 0.462 e. The van der Waals surface area contributed by atoms with Crippen molar-refractivity contribution in [2.45, 2.75) is 290 Å². The summed E-state index contributed by atoms with van der Waals surface area (Å²) >= 11 is 0. The number of rotatable bonds is 48. The fourth-order valence-electron chi connectivity index (χ4n) is 7.67. The van der Waals surface area contributed by atoms with Gasteiger partial charge in [-0.2, -0.15) is 0 Å². The number of allylic oxidation sites excluding steroid dienone is 4. The zero-order chi connectivity index (χ0) is 43.7. The Balaban J connectivity index is 4.37. The maximum absolute atomic E-state index is 12.8. The van der Waals surface area contributed by atoms with Gasteiger partial charge in [0, 0.05) is 19.3 Å². The van der Waals surface area contributed by atoms with Crippen LogP contribution in [0.2, 0.25) is 0 Å². The van der Waals surface area contributed by atoms with Crippen LogP contribution in [0, 0.1) is 0 Å². The molecule has 0 aliphatic rings. The lowest BCUT2D eigenvalue weighted by Crippen LogP contribution is -2.30. The maximum atomic E-state index is 12.8. The van der Waals surface area contributed by atoms with Crippen LogP contribution in [-0.2, 0) is 28.6 Å². The quantitative estimate of drug-likeness (QED) is 0.0263. The molecular weight excluding hydrogens is 745 g/mol. The minimum Gasteiger partial charge on any atom is -0.462 e. The summed E-state index contributed by atoms with van der Waals surface area (Å²) in [4.78, 5) is 38.0. The first-order valence-corrected chi connectivity index (χ1v) is 26.3. The highest BCUT2D eigenvalue weighted by atomic mass is 16.6. The standard InChI is InChI=1S/C54H100O6/c1-4-7-10-13-16-19-22-25-27-30-33-36-39-42-45-48-54(57)60-51(49-58-52(55)46-43-40-37-34-31-28-24-21-18-15-12-9-6-3)50-59-53(56)47-44-41-38-35-32-29-26-23-20-17-14-11-8-5-2/h23,25-27,51H,4-22,24,28-50H2,1-3H3/b26-23-,27-25-/t51-/m1/s1. The highest BCUT2D eigenvalue weighted by Gasteiger charge is 2.19. The van der Waals surface area contributed by atoms with E-state index in [9.17, 15) is 14.4 Å². The van der Waals surface area contributed by atoms with Crippen LogP contribution < -0.4 is 0 Å². The highest BCUT2D eigenvalue weighted by Crippen LogP contribution is 2.15. The summed E-state index contributed by atoms with van der Waals surface area (Å²) in [7, 11) is 0. The van der Waals surface area contributed by atoms with Crippen molar-refractivity contribution in [3.63, 3.8) is 0 Å². The Kier molecular flexibility index (Phi) is 47.8. The SMILES string of the molecule is CCCCCCC/C=C\CCCCCCCC(=O)OC[C@@H](COC(=O)CCCCCCCCCCCCCCC)OC(=O)CCCCCCC/C=C\CCCCCCCC. The molecule has 0 fully saturated rings. The first kappa shape index (κ1) is 57.9. The van der Waals surface area contributed by atoms with Gasteiger partial charge in [-0.15, -0.1) is 0 Å². The van der Waals surface area contributed by atoms with Gasteiger partial charge in [0.15, 0.2) is 6.10 Å². The Bertz CT molecular complexity index is 973. The zero-order valence-corrected chi connectivity index (χ0v) is 40.2. The molecule has 352 valence electrons. The van der Waals surface area contributed by atoms with Gasteiger partial charge in [-0.1, -0.05) is 218 Å². The van der Waals surface area contributed by atoms with Crippen molar-refractivity contribution in [1.82, 2.24) is 0 Å². The normalized spacial score (nSPS) is 12.1. The van der Waals surface area contributed by atoms with E-state index in [0.717, 1.165) is 70.6 Å². The van der Waals surface area contributed by atoms with E-state index in [-0.39, 0.29) is 31.1 Å². The van der Waals surface area contributed by atoms with Crippen molar-refractivity contribution in [2.75, 3.05) is 13.2 Å². The summed E-state index contributed by atoms with van der Waals surface area (Å²) in [6.07, 6.45) is 55.8. The predicted molar refractivity (Wildman–Crippen MR) is 256 cm³/mol. The average Bonchev–Trinajstić information content (AvgIpc) is 3.24. The molecule has 0 spiro atoms. The van der Waals surface area contributed by atoms with Gasteiger partial charge in [0.05, 0.1) is 0 Å². The summed E-state index contributed by atoms with van der Waals surface area (Å²) in [5.74, 6) is -0.878. The molecule has 0 N–H and O–H groups in total. The molecule has 0 aromatic carbocycles. The fraction of sp³-hybridized carbons (Fsp3) is 0.870. The van der Waals surface area contributed by atoms with Crippen molar-refractivity contribution in [3.8, 4) is 0 Å². The Labute approximate surface area is 373 Å². The third-order valence-electron chi connectivity index (χ3n) is 11.7. The predicted octanol–water partition coefficient (Wildman–Crippen LogP) is 17.2. The van der Waals surface area contributed by atoms with E-state index in [1.54, 1.807) is 0 Å².